The lowest BCUT2D eigenvalue weighted by atomic mass is 9.79. The predicted octanol–water partition coefficient (Wildman–Crippen LogP) is 3.94. The predicted molar refractivity (Wildman–Crippen MR) is 91.7 cm³/mol. The summed E-state index contributed by atoms with van der Waals surface area (Å²) in [6, 6.07) is 4.55. The number of carbonyl (C=O) groups is 1. The quantitative estimate of drug-likeness (QED) is 0.461. The van der Waals surface area contributed by atoms with Crippen LogP contribution >= 0.6 is 22.6 Å². The van der Waals surface area contributed by atoms with Crippen molar-refractivity contribution >= 4 is 28.6 Å². The van der Waals surface area contributed by atoms with E-state index in [4.69, 9.17) is 9.47 Å². The van der Waals surface area contributed by atoms with Gasteiger partial charge in [-0.2, -0.15) is 0 Å². The molecule has 0 amide bonds. The van der Waals surface area contributed by atoms with Gasteiger partial charge in [0.05, 0.1) is 12.7 Å². The van der Waals surface area contributed by atoms with E-state index < -0.39 is 0 Å². The summed E-state index contributed by atoms with van der Waals surface area (Å²) in [5, 5.41) is 9.62. The standard InChI is InChI=1S/C17H21IO4/c1-16-7-6-11(17(16,2)18)9-14(16)22-15(20)10-4-5-12(19)13(8-10)21-3/h4-5,8,11,14,19H,6-7,9H2,1-3H3. The molecule has 0 saturated heterocycles. The van der Waals surface area contributed by atoms with Crippen LogP contribution in [0.1, 0.15) is 43.5 Å². The highest BCUT2D eigenvalue weighted by atomic mass is 127. The van der Waals surface area contributed by atoms with Crippen LogP contribution in [0.2, 0.25) is 0 Å². The molecular weight excluding hydrogens is 395 g/mol. The maximum Gasteiger partial charge on any atom is 0.338 e. The maximum absolute atomic E-state index is 12.4. The van der Waals surface area contributed by atoms with Gasteiger partial charge in [0.2, 0.25) is 0 Å². The number of phenols is 1. The molecule has 0 spiro atoms. The van der Waals surface area contributed by atoms with Crippen LogP contribution in [0.25, 0.3) is 0 Å². The van der Waals surface area contributed by atoms with Crippen LogP contribution in [-0.2, 0) is 4.74 Å². The highest BCUT2D eigenvalue weighted by Gasteiger charge is 2.64. The number of methoxy groups -OCH3 is 1. The zero-order chi connectivity index (χ0) is 16.1. The van der Waals surface area contributed by atoms with Crippen LogP contribution in [0.4, 0.5) is 0 Å². The Kier molecular flexibility index (Phi) is 3.82. The normalized spacial score (nSPS) is 36.4. The number of carbonyl (C=O) groups excluding carboxylic acids is 1. The molecule has 0 radical (unpaired) electrons. The topological polar surface area (TPSA) is 55.8 Å². The van der Waals surface area contributed by atoms with E-state index in [1.807, 2.05) is 0 Å². The number of ether oxygens (including phenoxy) is 2. The van der Waals surface area contributed by atoms with Gasteiger partial charge < -0.3 is 14.6 Å². The average Bonchev–Trinajstić information content (AvgIpc) is 2.81. The minimum Gasteiger partial charge on any atom is -0.504 e. The van der Waals surface area contributed by atoms with Crippen LogP contribution in [-0.4, -0.2) is 27.7 Å². The molecule has 0 heterocycles. The van der Waals surface area contributed by atoms with Crippen molar-refractivity contribution in [2.24, 2.45) is 11.3 Å². The second kappa shape index (κ2) is 5.28. The van der Waals surface area contributed by atoms with Gasteiger partial charge in [0.1, 0.15) is 6.10 Å². The van der Waals surface area contributed by atoms with Crippen molar-refractivity contribution in [3.8, 4) is 11.5 Å². The fourth-order valence-corrected chi connectivity index (χ4v) is 5.15. The lowest BCUT2D eigenvalue weighted by Gasteiger charge is -2.37. The van der Waals surface area contributed by atoms with Crippen molar-refractivity contribution in [1.82, 2.24) is 0 Å². The average molecular weight is 416 g/mol. The first kappa shape index (κ1) is 15.9. The van der Waals surface area contributed by atoms with Crippen LogP contribution in [0.5, 0.6) is 11.5 Å². The summed E-state index contributed by atoms with van der Waals surface area (Å²) in [6.07, 6.45) is 3.22. The summed E-state index contributed by atoms with van der Waals surface area (Å²) in [5.74, 6) is 0.577. The van der Waals surface area contributed by atoms with Crippen LogP contribution in [0.15, 0.2) is 18.2 Å². The highest BCUT2D eigenvalue weighted by Crippen LogP contribution is 2.65. The Hall–Kier alpha value is -0.980. The smallest absolute Gasteiger partial charge is 0.338 e. The van der Waals surface area contributed by atoms with Crippen LogP contribution < -0.4 is 4.74 Å². The summed E-state index contributed by atoms with van der Waals surface area (Å²) in [4.78, 5) is 12.4. The summed E-state index contributed by atoms with van der Waals surface area (Å²) < 4.78 is 11.1. The molecule has 120 valence electrons. The first-order chi connectivity index (χ1) is 10.3. The second-order valence-electron chi connectivity index (χ2n) is 6.74. The largest absolute Gasteiger partial charge is 0.504 e. The van der Waals surface area contributed by atoms with Gasteiger partial charge in [-0.15, -0.1) is 0 Å². The van der Waals surface area contributed by atoms with Gasteiger partial charge in [-0.3, -0.25) is 0 Å². The monoisotopic (exact) mass is 416 g/mol. The molecule has 1 N–H and O–H groups in total. The van der Waals surface area contributed by atoms with E-state index in [1.165, 1.54) is 25.7 Å². The van der Waals surface area contributed by atoms with Crippen LogP contribution in [0, 0.1) is 11.3 Å². The Bertz CT molecular complexity index is 613. The first-order valence-electron chi connectivity index (χ1n) is 7.56. The Morgan fingerprint density at radius 3 is 2.68 bits per heavy atom. The summed E-state index contributed by atoms with van der Waals surface area (Å²) in [5.41, 5.74) is 0.450. The van der Waals surface area contributed by atoms with Gasteiger partial charge in [0.15, 0.2) is 11.5 Å². The Labute approximate surface area is 144 Å². The van der Waals surface area contributed by atoms with Gasteiger partial charge in [-0.1, -0.05) is 29.5 Å². The summed E-state index contributed by atoms with van der Waals surface area (Å²) in [6.45, 7) is 4.52. The molecule has 0 aromatic heterocycles. The Balaban J connectivity index is 1.79. The Morgan fingerprint density at radius 1 is 1.41 bits per heavy atom. The van der Waals surface area contributed by atoms with Crippen molar-refractivity contribution < 1.29 is 19.4 Å². The van der Waals surface area contributed by atoms with Gasteiger partial charge >= 0.3 is 5.97 Å². The SMILES string of the molecule is COc1cc(C(=O)OC2CC3CCC2(C)C3(C)I)ccc1O. The van der Waals surface area contributed by atoms with Crippen molar-refractivity contribution in [2.75, 3.05) is 7.11 Å². The molecule has 4 atom stereocenters. The molecule has 1 aromatic rings. The molecule has 2 saturated carbocycles. The number of benzene rings is 1. The molecule has 2 fully saturated rings. The van der Waals surface area contributed by atoms with E-state index in [1.54, 1.807) is 6.07 Å². The number of hydrogen-bond donors (Lipinski definition) is 1. The fraction of sp³-hybridized carbons (Fsp3) is 0.588. The van der Waals surface area contributed by atoms with Crippen molar-refractivity contribution in [2.45, 2.75) is 42.6 Å². The number of halogens is 1. The second-order valence-corrected chi connectivity index (χ2v) is 8.99. The minimum absolute atomic E-state index is 0.0192. The van der Waals surface area contributed by atoms with E-state index in [0.717, 1.165) is 12.8 Å². The first-order valence-corrected chi connectivity index (χ1v) is 8.64. The van der Waals surface area contributed by atoms with Crippen molar-refractivity contribution in [3.63, 3.8) is 0 Å². The van der Waals surface area contributed by atoms with E-state index in [-0.39, 0.29) is 32.4 Å². The van der Waals surface area contributed by atoms with Gasteiger partial charge in [0.25, 0.3) is 0 Å². The van der Waals surface area contributed by atoms with Gasteiger partial charge in [-0.25, -0.2) is 4.79 Å². The molecule has 2 bridgehead atoms. The lowest BCUT2D eigenvalue weighted by Crippen LogP contribution is -2.40. The number of fused-ring (bicyclic) bond motifs is 2. The zero-order valence-corrected chi connectivity index (χ0v) is 15.2. The number of rotatable bonds is 3. The highest BCUT2D eigenvalue weighted by molar-refractivity contribution is 14.1. The number of hydrogen-bond acceptors (Lipinski definition) is 4. The molecule has 2 aliphatic rings. The minimum atomic E-state index is -0.343. The van der Waals surface area contributed by atoms with E-state index >= 15 is 0 Å². The number of aromatic hydroxyl groups is 1. The molecule has 5 heteroatoms. The summed E-state index contributed by atoms with van der Waals surface area (Å²) in [7, 11) is 1.46. The van der Waals surface area contributed by atoms with E-state index in [2.05, 4.69) is 36.4 Å². The molecule has 2 aliphatic carbocycles. The summed E-state index contributed by atoms with van der Waals surface area (Å²) >= 11 is 2.55. The van der Waals surface area contributed by atoms with Crippen LogP contribution in [0.3, 0.4) is 0 Å². The Morgan fingerprint density at radius 2 is 2.14 bits per heavy atom. The zero-order valence-electron chi connectivity index (χ0n) is 13.1. The van der Waals surface area contributed by atoms with Gasteiger partial charge in [-0.05, 0) is 50.3 Å². The third-order valence-corrected chi connectivity index (χ3v) is 7.88. The molecule has 3 rings (SSSR count). The molecule has 22 heavy (non-hydrogen) atoms. The van der Waals surface area contributed by atoms with Gasteiger partial charge in [0, 0.05) is 8.84 Å². The molecule has 1 aromatic carbocycles. The lowest BCUT2D eigenvalue weighted by molar-refractivity contribution is -0.00853. The maximum atomic E-state index is 12.4. The third-order valence-electron chi connectivity index (χ3n) is 5.77. The van der Waals surface area contributed by atoms with E-state index in [0.29, 0.717) is 11.5 Å². The van der Waals surface area contributed by atoms with Crippen molar-refractivity contribution in [1.29, 1.82) is 0 Å². The molecular formula is C17H21IO4. The number of alkyl halides is 1. The number of phenolic OH excluding ortho intramolecular Hbond substituents is 1. The fourth-order valence-electron chi connectivity index (χ4n) is 3.97. The van der Waals surface area contributed by atoms with Crippen molar-refractivity contribution in [3.05, 3.63) is 23.8 Å². The molecule has 4 unspecified atom stereocenters. The molecule has 4 nitrogen and oxygen atoms in total. The third kappa shape index (κ3) is 2.20. The number of esters is 1. The molecule has 0 aliphatic heterocycles. The van der Waals surface area contributed by atoms with E-state index in [9.17, 15) is 9.90 Å².